The van der Waals surface area contributed by atoms with Gasteiger partial charge in [-0.1, -0.05) is 30.3 Å². The van der Waals surface area contributed by atoms with Crippen LogP contribution in [0.1, 0.15) is 52.0 Å². The van der Waals surface area contributed by atoms with Crippen LogP contribution in [0, 0.1) is 13.8 Å². The highest BCUT2D eigenvalue weighted by atomic mass is 16.6. The van der Waals surface area contributed by atoms with Gasteiger partial charge in [0.1, 0.15) is 11.5 Å². The largest absolute Gasteiger partial charge is 0.456 e. The molecule has 0 fully saturated rings. The molecule has 5 nitrogen and oxygen atoms in total. The first-order chi connectivity index (χ1) is 17.9. The lowest BCUT2D eigenvalue weighted by Crippen LogP contribution is -2.33. The summed E-state index contributed by atoms with van der Waals surface area (Å²) in [5.41, 5.74) is 7.34. The Hall–Kier alpha value is -4.25. The van der Waals surface area contributed by atoms with Crippen molar-refractivity contribution < 1.29 is 14.3 Å². The summed E-state index contributed by atoms with van der Waals surface area (Å²) in [5.74, 6) is 1.06. The summed E-state index contributed by atoms with van der Waals surface area (Å²) in [4.78, 5) is 15.5. The molecule has 5 heteroatoms. The van der Waals surface area contributed by atoms with E-state index in [0.29, 0.717) is 17.1 Å². The fourth-order valence-corrected chi connectivity index (χ4v) is 5.55. The molecular formula is C32H30N2O3. The Morgan fingerprint density at radius 1 is 0.811 bits per heavy atom. The lowest BCUT2D eigenvalue weighted by atomic mass is 9.77. The molecule has 186 valence electrons. The maximum atomic E-state index is 13.2. The van der Waals surface area contributed by atoms with Crippen molar-refractivity contribution in [3.8, 4) is 11.5 Å². The van der Waals surface area contributed by atoms with E-state index in [9.17, 15) is 4.79 Å². The summed E-state index contributed by atoms with van der Waals surface area (Å²) in [6.07, 6.45) is 0. The topological polar surface area (TPSA) is 50.8 Å². The maximum Gasteiger partial charge on any atom is 0.340 e. The Labute approximate surface area is 217 Å². The molecule has 2 heterocycles. The van der Waals surface area contributed by atoms with Gasteiger partial charge in [0.2, 0.25) is 0 Å². The zero-order valence-electron chi connectivity index (χ0n) is 21.6. The fourth-order valence-electron chi connectivity index (χ4n) is 5.55. The van der Waals surface area contributed by atoms with Crippen LogP contribution >= 0.6 is 0 Å². The van der Waals surface area contributed by atoms with Gasteiger partial charge >= 0.3 is 5.97 Å². The first kappa shape index (κ1) is 23.2. The van der Waals surface area contributed by atoms with E-state index in [-0.39, 0.29) is 5.97 Å². The number of benzene rings is 4. The lowest BCUT2D eigenvalue weighted by molar-refractivity contribution is 0.0224. The van der Waals surface area contributed by atoms with Crippen LogP contribution < -0.4 is 15.0 Å². The van der Waals surface area contributed by atoms with E-state index in [1.54, 1.807) is 0 Å². The van der Waals surface area contributed by atoms with Gasteiger partial charge in [-0.3, -0.25) is 0 Å². The Kier molecular flexibility index (Phi) is 5.45. The quantitative estimate of drug-likeness (QED) is 0.294. The fraction of sp³-hybridized carbons (Fsp3) is 0.219. The van der Waals surface area contributed by atoms with Crippen LogP contribution in [0.25, 0.3) is 0 Å². The van der Waals surface area contributed by atoms with Gasteiger partial charge < -0.3 is 19.7 Å². The van der Waals surface area contributed by atoms with Crippen LogP contribution in [0.15, 0.2) is 78.9 Å². The number of ether oxygens (including phenoxy) is 2. The third-order valence-electron chi connectivity index (χ3n) is 7.50. The third kappa shape index (κ3) is 3.57. The molecule has 2 aliphatic heterocycles. The van der Waals surface area contributed by atoms with E-state index >= 15 is 0 Å². The summed E-state index contributed by atoms with van der Waals surface area (Å²) in [6.45, 7) is 10.2. The van der Waals surface area contributed by atoms with Crippen molar-refractivity contribution in [1.82, 2.24) is 0 Å². The predicted molar refractivity (Wildman–Crippen MR) is 147 cm³/mol. The summed E-state index contributed by atoms with van der Waals surface area (Å²) in [5, 5.41) is 3.57. The van der Waals surface area contributed by atoms with Gasteiger partial charge in [0, 0.05) is 52.9 Å². The van der Waals surface area contributed by atoms with Gasteiger partial charge in [0.05, 0.1) is 5.56 Å². The number of esters is 1. The minimum absolute atomic E-state index is 0.324. The number of nitrogens with zero attached hydrogens (tertiary/aromatic N) is 1. The van der Waals surface area contributed by atoms with Gasteiger partial charge in [-0.15, -0.1) is 0 Å². The second-order valence-corrected chi connectivity index (χ2v) is 9.73. The standard InChI is InChI=1S/C32H30N2O3/c1-5-34(6-2)23-14-15-26-30(19-23)36-29-16-13-22(33-28-17-20(3)11-12-21(28)4)18-27(29)32(26)25-10-8-7-9-24(25)31(35)37-32/h7-19,33H,5-6H2,1-4H3. The molecule has 1 spiro atoms. The normalized spacial score (nSPS) is 16.9. The molecule has 1 atom stereocenters. The van der Waals surface area contributed by atoms with E-state index in [2.05, 4.69) is 68.2 Å². The smallest absolute Gasteiger partial charge is 0.340 e. The molecule has 0 bridgehead atoms. The summed E-state index contributed by atoms with van der Waals surface area (Å²) in [7, 11) is 0. The molecule has 6 rings (SSSR count). The molecule has 4 aromatic rings. The number of nitrogens with one attached hydrogen (secondary N) is 1. The van der Waals surface area contributed by atoms with Crippen LogP contribution in [-0.4, -0.2) is 19.1 Å². The molecule has 0 radical (unpaired) electrons. The maximum absolute atomic E-state index is 13.2. The Bertz CT molecular complexity index is 1540. The van der Waals surface area contributed by atoms with Crippen LogP contribution in [0.2, 0.25) is 0 Å². The number of anilines is 3. The average Bonchev–Trinajstić information content (AvgIpc) is 3.20. The number of carbonyl (C=O) groups is 1. The van der Waals surface area contributed by atoms with Crippen molar-refractivity contribution in [3.05, 3.63) is 112 Å². The minimum Gasteiger partial charge on any atom is -0.456 e. The molecule has 0 saturated carbocycles. The number of hydrogen-bond acceptors (Lipinski definition) is 5. The van der Waals surface area contributed by atoms with Crippen LogP contribution in [0.3, 0.4) is 0 Å². The zero-order valence-corrected chi connectivity index (χ0v) is 21.6. The summed E-state index contributed by atoms with van der Waals surface area (Å²) in [6, 6.07) is 26.2. The van der Waals surface area contributed by atoms with E-state index < -0.39 is 5.60 Å². The first-order valence-corrected chi connectivity index (χ1v) is 12.8. The molecule has 0 aliphatic carbocycles. The Morgan fingerprint density at radius 2 is 1.62 bits per heavy atom. The Morgan fingerprint density at radius 3 is 2.43 bits per heavy atom. The molecule has 2 aliphatic rings. The molecule has 1 unspecified atom stereocenters. The van der Waals surface area contributed by atoms with Gasteiger partial charge in [-0.2, -0.15) is 0 Å². The number of hydrogen-bond donors (Lipinski definition) is 1. The SMILES string of the molecule is CCN(CC)c1ccc2c(c1)Oc1ccc(Nc3cc(C)ccc3C)cc1C21OC(=O)c2ccccc21. The first-order valence-electron chi connectivity index (χ1n) is 12.8. The summed E-state index contributed by atoms with van der Waals surface area (Å²) >= 11 is 0. The van der Waals surface area contributed by atoms with Crippen LogP contribution in [0.5, 0.6) is 11.5 Å². The molecule has 4 aromatic carbocycles. The van der Waals surface area contributed by atoms with E-state index in [0.717, 1.165) is 52.4 Å². The highest BCUT2D eigenvalue weighted by Crippen LogP contribution is 2.57. The van der Waals surface area contributed by atoms with Crippen molar-refractivity contribution >= 4 is 23.0 Å². The number of aryl methyl sites for hydroxylation is 2. The second kappa shape index (κ2) is 8.70. The third-order valence-corrected chi connectivity index (χ3v) is 7.50. The van der Waals surface area contributed by atoms with E-state index in [1.807, 2.05) is 48.5 Å². The molecule has 0 saturated heterocycles. The van der Waals surface area contributed by atoms with Crippen LogP contribution in [-0.2, 0) is 10.3 Å². The molecule has 0 aromatic heterocycles. The minimum atomic E-state index is -1.09. The van der Waals surface area contributed by atoms with Gasteiger partial charge in [0.15, 0.2) is 5.60 Å². The van der Waals surface area contributed by atoms with Crippen molar-refractivity contribution in [2.24, 2.45) is 0 Å². The zero-order chi connectivity index (χ0) is 25.7. The molecular weight excluding hydrogens is 460 g/mol. The van der Waals surface area contributed by atoms with E-state index in [4.69, 9.17) is 9.47 Å². The van der Waals surface area contributed by atoms with Crippen molar-refractivity contribution in [1.29, 1.82) is 0 Å². The Balaban J connectivity index is 1.55. The second-order valence-electron chi connectivity index (χ2n) is 9.73. The number of fused-ring (bicyclic) bond motifs is 6. The summed E-state index contributed by atoms with van der Waals surface area (Å²) < 4.78 is 12.9. The predicted octanol–water partition coefficient (Wildman–Crippen LogP) is 7.46. The van der Waals surface area contributed by atoms with E-state index in [1.165, 1.54) is 5.56 Å². The highest BCUT2D eigenvalue weighted by molar-refractivity contribution is 5.97. The highest BCUT2D eigenvalue weighted by Gasteiger charge is 2.53. The van der Waals surface area contributed by atoms with Crippen molar-refractivity contribution in [3.63, 3.8) is 0 Å². The number of carbonyl (C=O) groups excluding carboxylic acids is 1. The van der Waals surface area contributed by atoms with Gasteiger partial charge in [0.25, 0.3) is 0 Å². The van der Waals surface area contributed by atoms with Gasteiger partial charge in [-0.25, -0.2) is 4.79 Å². The molecule has 37 heavy (non-hydrogen) atoms. The van der Waals surface area contributed by atoms with Crippen molar-refractivity contribution in [2.75, 3.05) is 23.3 Å². The van der Waals surface area contributed by atoms with Gasteiger partial charge in [-0.05, 0) is 81.3 Å². The molecule has 0 amide bonds. The monoisotopic (exact) mass is 490 g/mol. The van der Waals surface area contributed by atoms with Crippen molar-refractivity contribution in [2.45, 2.75) is 33.3 Å². The lowest BCUT2D eigenvalue weighted by Gasteiger charge is -2.37. The molecule has 1 N–H and O–H groups in total. The number of rotatable bonds is 5. The van der Waals surface area contributed by atoms with Crippen LogP contribution in [0.4, 0.5) is 17.1 Å². The average molecular weight is 491 g/mol.